The van der Waals surface area contributed by atoms with Gasteiger partial charge in [-0.05, 0) is 36.1 Å². The molecule has 0 bridgehead atoms. The van der Waals surface area contributed by atoms with Gasteiger partial charge in [0.2, 0.25) is 0 Å². The Morgan fingerprint density at radius 3 is 2.84 bits per heavy atom. The van der Waals surface area contributed by atoms with Crippen molar-refractivity contribution in [2.45, 2.75) is 31.1 Å². The van der Waals surface area contributed by atoms with E-state index >= 15 is 0 Å². The number of fused-ring (bicyclic) bond motifs is 2. The Kier molecular flexibility index (Phi) is 4.06. The van der Waals surface area contributed by atoms with Crippen molar-refractivity contribution < 1.29 is 9.53 Å². The lowest BCUT2D eigenvalue weighted by Crippen LogP contribution is -2.42. The number of hydrogen-bond acceptors (Lipinski definition) is 4. The van der Waals surface area contributed by atoms with E-state index in [1.54, 1.807) is 6.07 Å². The number of halogens is 1. The SMILES string of the molecule is Cn1cc(CN2CCC3(CC2)OC(C(N)=O)c2ccc(Cl)cc23)cn1. The van der Waals surface area contributed by atoms with Gasteiger partial charge in [-0.25, -0.2) is 0 Å². The second-order valence-electron chi connectivity index (χ2n) is 6.92. The molecule has 6 nitrogen and oxygen atoms in total. The number of nitrogens with zero attached hydrogens (tertiary/aromatic N) is 3. The van der Waals surface area contributed by atoms with Crippen LogP contribution in [0.5, 0.6) is 0 Å². The smallest absolute Gasteiger partial charge is 0.251 e. The first-order valence-electron chi connectivity index (χ1n) is 8.44. The average Bonchev–Trinajstić information content (AvgIpc) is 3.12. The number of carbonyl (C=O) groups excluding carboxylic acids is 1. The van der Waals surface area contributed by atoms with Crippen molar-refractivity contribution in [1.29, 1.82) is 0 Å². The van der Waals surface area contributed by atoms with Crippen LogP contribution in [0.2, 0.25) is 5.02 Å². The van der Waals surface area contributed by atoms with Crippen molar-refractivity contribution in [3.8, 4) is 0 Å². The molecule has 4 rings (SSSR count). The van der Waals surface area contributed by atoms with Crippen molar-refractivity contribution in [3.63, 3.8) is 0 Å². The normalized spacial score (nSPS) is 22.2. The summed E-state index contributed by atoms with van der Waals surface area (Å²) in [5.74, 6) is -0.446. The molecule has 2 aliphatic heterocycles. The summed E-state index contributed by atoms with van der Waals surface area (Å²) in [7, 11) is 1.92. The van der Waals surface area contributed by atoms with E-state index in [1.165, 1.54) is 5.56 Å². The highest BCUT2D eigenvalue weighted by Crippen LogP contribution is 2.50. The van der Waals surface area contributed by atoms with E-state index < -0.39 is 17.6 Å². The zero-order valence-corrected chi connectivity index (χ0v) is 14.9. The molecule has 7 heteroatoms. The third-order valence-corrected chi connectivity index (χ3v) is 5.45. The van der Waals surface area contributed by atoms with Gasteiger partial charge in [-0.15, -0.1) is 0 Å². The Morgan fingerprint density at radius 2 is 2.20 bits per heavy atom. The fourth-order valence-corrected chi connectivity index (χ4v) is 4.16. The Balaban J connectivity index is 1.54. The van der Waals surface area contributed by atoms with Gasteiger partial charge in [-0.1, -0.05) is 17.7 Å². The fourth-order valence-electron chi connectivity index (χ4n) is 3.99. The lowest BCUT2D eigenvalue weighted by molar-refractivity contribution is -0.148. The highest BCUT2D eigenvalue weighted by atomic mass is 35.5. The molecular formula is C18H21ClN4O2. The van der Waals surface area contributed by atoms with E-state index in [-0.39, 0.29) is 0 Å². The third-order valence-electron chi connectivity index (χ3n) is 5.22. The van der Waals surface area contributed by atoms with Crippen LogP contribution >= 0.6 is 11.6 Å². The lowest BCUT2D eigenvalue weighted by atomic mass is 9.83. The highest BCUT2D eigenvalue weighted by Gasteiger charge is 2.48. The molecule has 1 saturated heterocycles. The predicted molar refractivity (Wildman–Crippen MR) is 93.9 cm³/mol. The van der Waals surface area contributed by atoms with E-state index in [0.29, 0.717) is 5.02 Å². The summed E-state index contributed by atoms with van der Waals surface area (Å²) in [5.41, 5.74) is 8.16. The lowest BCUT2D eigenvalue weighted by Gasteiger charge is -2.39. The van der Waals surface area contributed by atoms with E-state index in [4.69, 9.17) is 22.1 Å². The molecule has 1 spiro atoms. The Bertz CT molecular complexity index is 811. The fraction of sp³-hybridized carbons (Fsp3) is 0.444. The minimum Gasteiger partial charge on any atom is -0.367 e. The molecule has 1 atom stereocenters. The number of piperidine rings is 1. The second kappa shape index (κ2) is 6.12. The maximum Gasteiger partial charge on any atom is 0.251 e. The summed E-state index contributed by atoms with van der Waals surface area (Å²) in [5, 5.41) is 4.88. The number of aromatic nitrogens is 2. The predicted octanol–water partition coefficient (Wildman–Crippen LogP) is 2.12. The van der Waals surface area contributed by atoms with Gasteiger partial charge in [0.1, 0.15) is 0 Å². The monoisotopic (exact) mass is 360 g/mol. The number of nitrogens with two attached hydrogens (primary N) is 1. The van der Waals surface area contributed by atoms with Crippen LogP contribution in [-0.4, -0.2) is 33.7 Å². The summed E-state index contributed by atoms with van der Waals surface area (Å²) in [6, 6.07) is 5.58. The molecular weight excluding hydrogens is 340 g/mol. The van der Waals surface area contributed by atoms with E-state index in [2.05, 4.69) is 10.00 Å². The molecule has 0 aliphatic carbocycles. The second-order valence-corrected chi connectivity index (χ2v) is 7.36. The minimum absolute atomic E-state index is 0.446. The van der Waals surface area contributed by atoms with Crippen LogP contribution in [0.15, 0.2) is 30.6 Å². The van der Waals surface area contributed by atoms with Gasteiger partial charge in [-0.3, -0.25) is 14.4 Å². The number of likely N-dealkylation sites (tertiary alicyclic amines) is 1. The summed E-state index contributed by atoms with van der Waals surface area (Å²) in [6.45, 7) is 2.63. The topological polar surface area (TPSA) is 73.4 Å². The van der Waals surface area contributed by atoms with Gasteiger partial charge >= 0.3 is 0 Å². The first-order valence-corrected chi connectivity index (χ1v) is 8.82. The van der Waals surface area contributed by atoms with Gasteiger partial charge < -0.3 is 10.5 Å². The first kappa shape index (κ1) is 16.6. The van der Waals surface area contributed by atoms with Crippen LogP contribution < -0.4 is 5.73 Å². The first-order chi connectivity index (χ1) is 12.0. The van der Waals surface area contributed by atoms with Crippen molar-refractivity contribution >= 4 is 17.5 Å². The van der Waals surface area contributed by atoms with Crippen LogP contribution in [0.25, 0.3) is 0 Å². The molecule has 1 amide bonds. The van der Waals surface area contributed by atoms with Crippen molar-refractivity contribution in [2.75, 3.05) is 13.1 Å². The molecule has 1 unspecified atom stereocenters. The summed E-state index contributed by atoms with van der Waals surface area (Å²) < 4.78 is 8.02. The number of amides is 1. The standard InChI is InChI=1S/C18H21ClN4O2/c1-22-10-12(9-21-22)11-23-6-4-18(5-7-23)15-8-13(19)2-3-14(15)16(25-18)17(20)24/h2-3,8-10,16H,4-7,11H2,1H3,(H2,20,24). The van der Waals surface area contributed by atoms with Gasteiger partial charge in [0.25, 0.3) is 5.91 Å². The Morgan fingerprint density at radius 1 is 1.44 bits per heavy atom. The van der Waals surface area contributed by atoms with Gasteiger partial charge in [-0.2, -0.15) is 5.10 Å². The zero-order chi connectivity index (χ0) is 17.6. The number of ether oxygens (including phenoxy) is 1. The molecule has 1 aromatic carbocycles. The average molecular weight is 361 g/mol. The molecule has 2 aromatic rings. The summed E-state index contributed by atoms with van der Waals surface area (Å²) in [4.78, 5) is 14.2. The molecule has 1 fully saturated rings. The van der Waals surface area contributed by atoms with Crippen molar-refractivity contribution in [3.05, 3.63) is 52.3 Å². The number of primary amides is 1. The Hall–Kier alpha value is -1.89. The van der Waals surface area contributed by atoms with Gasteiger partial charge in [0.05, 0.1) is 11.8 Å². The highest BCUT2D eigenvalue weighted by molar-refractivity contribution is 6.30. The molecule has 2 aliphatic rings. The number of carbonyl (C=O) groups is 1. The molecule has 3 heterocycles. The zero-order valence-electron chi connectivity index (χ0n) is 14.1. The summed E-state index contributed by atoms with van der Waals surface area (Å²) >= 11 is 6.20. The van der Waals surface area contributed by atoms with Crippen LogP contribution in [0, 0.1) is 0 Å². The molecule has 132 valence electrons. The molecule has 0 saturated carbocycles. The van der Waals surface area contributed by atoms with Gasteiger partial charge in [0.15, 0.2) is 6.10 Å². The number of rotatable bonds is 3. The van der Waals surface area contributed by atoms with Crippen molar-refractivity contribution in [2.24, 2.45) is 12.8 Å². The van der Waals surface area contributed by atoms with Crippen LogP contribution in [0.4, 0.5) is 0 Å². The maximum absolute atomic E-state index is 11.8. The van der Waals surface area contributed by atoms with Crippen LogP contribution in [-0.2, 0) is 28.7 Å². The quantitative estimate of drug-likeness (QED) is 0.909. The third kappa shape index (κ3) is 2.94. The molecule has 1 aromatic heterocycles. The van der Waals surface area contributed by atoms with E-state index in [9.17, 15) is 4.79 Å². The van der Waals surface area contributed by atoms with Crippen LogP contribution in [0.1, 0.15) is 35.6 Å². The number of hydrogen-bond donors (Lipinski definition) is 1. The summed E-state index contributed by atoms with van der Waals surface area (Å²) in [6.07, 6.45) is 4.87. The molecule has 2 N–H and O–H groups in total. The molecule has 0 radical (unpaired) electrons. The van der Waals surface area contributed by atoms with E-state index in [0.717, 1.165) is 43.6 Å². The Labute approximate surface area is 151 Å². The van der Waals surface area contributed by atoms with Crippen molar-refractivity contribution in [1.82, 2.24) is 14.7 Å². The molecule has 25 heavy (non-hydrogen) atoms. The number of benzene rings is 1. The van der Waals surface area contributed by atoms with Crippen LogP contribution in [0.3, 0.4) is 0 Å². The van der Waals surface area contributed by atoms with Gasteiger partial charge in [0, 0.05) is 43.5 Å². The maximum atomic E-state index is 11.8. The minimum atomic E-state index is -0.683. The largest absolute Gasteiger partial charge is 0.367 e. The van der Waals surface area contributed by atoms with E-state index in [1.807, 2.05) is 36.3 Å². The number of aryl methyl sites for hydroxylation is 1.